The van der Waals surface area contributed by atoms with E-state index in [0.717, 1.165) is 21.4 Å². The first kappa shape index (κ1) is 8.53. The molecule has 2 nitrogen and oxygen atoms in total. The Kier molecular flexibility index (Phi) is 1.98. The van der Waals surface area contributed by atoms with Gasteiger partial charge in [-0.2, -0.15) is 0 Å². The van der Waals surface area contributed by atoms with Crippen molar-refractivity contribution in [3.63, 3.8) is 0 Å². The molecule has 1 heterocycles. The summed E-state index contributed by atoms with van der Waals surface area (Å²) in [6, 6.07) is 7.28. The smallest absolute Gasteiger partial charge is 0.0830 e. The number of hydrogen-bond acceptors (Lipinski definition) is 3. The number of benzene rings is 1. The van der Waals surface area contributed by atoms with Crippen LogP contribution in [0.25, 0.3) is 10.1 Å². The fraction of sp³-hybridized carbons (Fsp3) is 0. The van der Waals surface area contributed by atoms with Gasteiger partial charge >= 0.3 is 0 Å². The van der Waals surface area contributed by atoms with Crippen molar-refractivity contribution in [1.29, 1.82) is 0 Å². The molecule has 0 radical (unpaired) electrons. The number of thiophene rings is 1. The van der Waals surface area contributed by atoms with E-state index in [9.17, 15) is 9.90 Å². The van der Waals surface area contributed by atoms with E-state index in [-0.39, 0.29) is 9.90 Å². The Morgan fingerprint density at radius 3 is 2.69 bits per heavy atom. The van der Waals surface area contributed by atoms with E-state index in [1.807, 2.05) is 18.2 Å². The molecule has 1 aromatic carbocycles. The van der Waals surface area contributed by atoms with Gasteiger partial charge in [0.1, 0.15) is 0 Å². The van der Waals surface area contributed by atoms with Gasteiger partial charge in [0.2, 0.25) is 0 Å². The van der Waals surface area contributed by atoms with E-state index in [1.165, 1.54) is 0 Å². The quantitative estimate of drug-likeness (QED) is 0.723. The molecule has 0 fully saturated rings. The van der Waals surface area contributed by atoms with Crippen molar-refractivity contribution in [3.05, 3.63) is 34.2 Å². The second kappa shape index (κ2) is 3.01. The fourth-order valence-electron chi connectivity index (χ4n) is 1.15. The molecule has 2 aromatic rings. The first-order chi connectivity index (χ1) is 6.20. The highest BCUT2D eigenvalue weighted by molar-refractivity contribution is 7.21. The summed E-state index contributed by atoms with van der Waals surface area (Å²) in [7, 11) is 0. The number of halogens is 1. The van der Waals surface area contributed by atoms with Gasteiger partial charge < -0.3 is 9.90 Å². The highest BCUT2D eigenvalue weighted by atomic mass is 35.5. The summed E-state index contributed by atoms with van der Waals surface area (Å²) in [6.07, 6.45) is 0. The zero-order valence-electron chi connectivity index (χ0n) is 6.41. The Labute approximate surface area is 83.4 Å². The maximum atomic E-state index is 10.6. The van der Waals surface area contributed by atoms with Gasteiger partial charge in [0.05, 0.1) is 15.9 Å². The average Bonchev–Trinajstić information content (AvgIpc) is 2.45. The summed E-state index contributed by atoms with van der Waals surface area (Å²) in [4.78, 5) is 10.7. The number of carbonyl (C=O) groups excluding carboxylic acids is 1. The number of fused-ring (bicyclic) bond motifs is 1. The van der Waals surface area contributed by atoms with Crippen LogP contribution in [0.3, 0.4) is 0 Å². The molecule has 0 unspecified atom stereocenters. The normalized spacial score (nSPS) is 10.5. The van der Waals surface area contributed by atoms with Crippen LogP contribution in [-0.4, -0.2) is 5.97 Å². The van der Waals surface area contributed by atoms with Crippen LogP contribution in [0.5, 0.6) is 0 Å². The van der Waals surface area contributed by atoms with Crippen LogP contribution in [-0.2, 0) is 0 Å². The lowest BCUT2D eigenvalue weighted by molar-refractivity contribution is -0.254. The van der Waals surface area contributed by atoms with Gasteiger partial charge in [-0.05, 0) is 6.07 Å². The van der Waals surface area contributed by atoms with Crippen LogP contribution in [0.15, 0.2) is 24.3 Å². The maximum Gasteiger partial charge on any atom is 0.0830 e. The summed E-state index contributed by atoms with van der Waals surface area (Å²) in [5.41, 5.74) is 0. The molecule has 0 atom stereocenters. The molecule has 2 rings (SSSR count). The standard InChI is InChI=1S/C9H5ClO2S/c10-7-5-3-1-2-4-6(5)13-8(7)9(11)12/h1-4H,(H,11,12)/p-1. The third kappa shape index (κ3) is 1.30. The zero-order chi connectivity index (χ0) is 9.42. The molecule has 0 amide bonds. The minimum atomic E-state index is -1.22. The van der Waals surface area contributed by atoms with Crippen molar-refractivity contribution in [3.8, 4) is 0 Å². The number of carbonyl (C=O) groups is 1. The van der Waals surface area contributed by atoms with Crippen LogP contribution >= 0.6 is 22.9 Å². The molecular formula is C9H4ClO2S-. The third-order valence-electron chi connectivity index (χ3n) is 1.72. The number of aromatic carboxylic acids is 1. The Bertz CT molecular complexity index is 475. The van der Waals surface area contributed by atoms with Gasteiger partial charge in [-0.15, -0.1) is 11.3 Å². The molecule has 0 saturated heterocycles. The highest BCUT2D eigenvalue weighted by Crippen LogP contribution is 2.34. The van der Waals surface area contributed by atoms with E-state index >= 15 is 0 Å². The van der Waals surface area contributed by atoms with E-state index in [4.69, 9.17) is 11.6 Å². The minimum absolute atomic E-state index is 0.0999. The Hall–Kier alpha value is -1.06. The summed E-state index contributed by atoms with van der Waals surface area (Å²) in [6.45, 7) is 0. The molecular weight excluding hydrogens is 208 g/mol. The van der Waals surface area contributed by atoms with Crippen molar-refractivity contribution < 1.29 is 9.90 Å². The topological polar surface area (TPSA) is 40.1 Å². The molecule has 13 heavy (non-hydrogen) atoms. The van der Waals surface area contributed by atoms with Gasteiger partial charge in [0.25, 0.3) is 0 Å². The first-order valence-electron chi connectivity index (χ1n) is 3.58. The number of carboxylic acids is 1. The lowest BCUT2D eigenvalue weighted by Crippen LogP contribution is -2.21. The third-order valence-corrected chi connectivity index (χ3v) is 3.38. The second-order valence-electron chi connectivity index (χ2n) is 2.53. The van der Waals surface area contributed by atoms with Crippen molar-refractivity contribution in [2.75, 3.05) is 0 Å². The van der Waals surface area contributed by atoms with Crippen LogP contribution in [0, 0.1) is 0 Å². The Balaban J connectivity index is 2.81. The van der Waals surface area contributed by atoms with Gasteiger partial charge in [-0.25, -0.2) is 0 Å². The highest BCUT2D eigenvalue weighted by Gasteiger charge is 2.09. The van der Waals surface area contributed by atoms with Gasteiger partial charge in [-0.3, -0.25) is 0 Å². The van der Waals surface area contributed by atoms with Crippen molar-refractivity contribution in [2.24, 2.45) is 0 Å². The number of hydrogen-bond donors (Lipinski definition) is 0. The summed E-state index contributed by atoms with van der Waals surface area (Å²) in [5, 5.41) is 11.7. The van der Waals surface area contributed by atoms with E-state index in [0.29, 0.717) is 0 Å². The largest absolute Gasteiger partial charge is 0.544 e. The van der Waals surface area contributed by atoms with Gasteiger partial charge in [0.15, 0.2) is 0 Å². The summed E-state index contributed by atoms with van der Waals surface area (Å²) >= 11 is 6.98. The monoisotopic (exact) mass is 211 g/mol. The zero-order valence-corrected chi connectivity index (χ0v) is 7.98. The SMILES string of the molecule is O=C([O-])c1sc2ccccc2c1Cl. The summed E-state index contributed by atoms with van der Waals surface area (Å²) in [5.74, 6) is -1.22. The van der Waals surface area contributed by atoms with E-state index in [1.54, 1.807) is 6.07 Å². The minimum Gasteiger partial charge on any atom is -0.544 e. The molecule has 4 heteroatoms. The lowest BCUT2D eigenvalue weighted by atomic mass is 10.2. The maximum absolute atomic E-state index is 10.6. The molecule has 0 N–H and O–H groups in total. The van der Waals surface area contributed by atoms with Crippen LogP contribution in [0.2, 0.25) is 5.02 Å². The average molecular weight is 212 g/mol. The second-order valence-corrected chi connectivity index (χ2v) is 3.96. The summed E-state index contributed by atoms with van der Waals surface area (Å²) < 4.78 is 0.867. The van der Waals surface area contributed by atoms with Crippen molar-refractivity contribution in [2.45, 2.75) is 0 Å². The molecule has 0 aliphatic carbocycles. The van der Waals surface area contributed by atoms with Gasteiger partial charge in [0, 0.05) is 10.1 Å². The molecule has 0 saturated carbocycles. The molecule has 66 valence electrons. The van der Waals surface area contributed by atoms with E-state index in [2.05, 4.69) is 0 Å². The van der Waals surface area contributed by atoms with Crippen molar-refractivity contribution in [1.82, 2.24) is 0 Å². The number of carboxylic acid groups (broad SMARTS) is 1. The Morgan fingerprint density at radius 1 is 1.38 bits per heavy atom. The first-order valence-corrected chi connectivity index (χ1v) is 4.78. The molecule has 0 spiro atoms. The van der Waals surface area contributed by atoms with Gasteiger partial charge in [-0.1, -0.05) is 29.8 Å². The molecule has 0 bridgehead atoms. The molecule has 1 aromatic heterocycles. The lowest BCUT2D eigenvalue weighted by Gasteiger charge is -1.95. The predicted octanol–water partition coefficient (Wildman–Crippen LogP) is 1.92. The molecule has 0 aliphatic heterocycles. The fourth-order valence-corrected chi connectivity index (χ4v) is 2.49. The van der Waals surface area contributed by atoms with Crippen LogP contribution in [0.4, 0.5) is 0 Å². The van der Waals surface area contributed by atoms with Crippen molar-refractivity contribution >= 4 is 39.0 Å². The number of rotatable bonds is 1. The Morgan fingerprint density at radius 2 is 2.08 bits per heavy atom. The molecule has 0 aliphatic rings. The van der Waals surface area contributed by atoms with E-state index < -0.39 is 5.97 Å². The van der Waals surface area contributed by atoms with Crippen LogP contribution in [0.1, 0.15) is 9.67 Å². The predicted molar refractivity (Wildman–Crippen MR) is 51.2 cm³/mol. The van der Waals surface area contributed by atoms with Crippen LogP contribution < -0.4 is 5.11 Å².